The maximum absolute atomic E-state index is 5.84. The second-order valence-corrected chi connectivity index (χ2v) is 6.12. The van der Waals surface area contributed by atoms with E-state index in [1.54, 1.807) is 0 Å². The largest absolute Gasteiger partial charge is 0.324 e. The molecule has 0 aromatic rings. The number of nitrogens with zero attached hydrogens (tertiary/aromatic N) is 1. The molecule has 0 aromatic carbocycles. The van der Waals surface area contributed by atoms with Gasteiger partial charge in [-0.05, 0) is 25.7 Å². The Balaban J connectivity index is 2.53. The highest BCUT2D eigenvalue weighted by atomic mass is 31.2. The van der Waals surface area contributed by atoms with Crippen molar-refractivity contribution in [1.29, 1.82) is 0 Å². The van der Waals surface area contributed by atoms with Crippen LogP contribution < -0.4 is 0 Å². The van der Waals surface area contributed by atoms with Crippen LogP contribution in [0.15, 0.2) is 4.74 Å². The predicted octanol–water partition coefficient (Wildman–Crippen LogP) is 3.66. The van der Waals surface area contributed by atoms with E-state index in [0.717, 1.165) is 38.8 Å². The molecule has 14 heavy (non-hydrogen) atoms. The topological polar surface area (TPSA) is 30.8 Å². The first kappa shape index (κ1) is 12.2. The fourth-order valence-corrected chi connectivity index (χ4v) is 4.08. The molecule has 1 aliphatic rings. The van der Waals surface area contributed by atoms with Gasteiger partial charge in [-0.3, -0.25) is 4.74 Å². The molecule has 0 aromatic heterocycles. The van der Waals surface area contributed by atoms with E-state index in [4.69, 9.17) is 9.05 Å². The summed E-state index contributed by atoms with van der Waals surface area (Å²) in [6.45, 7) is 6.77. The Kier molecular flexibility index (Phi) is 5.76. The molecule has 0 bridgehead atoms. The molecule has 1 aliphatic heterocycles. The minimum Gasteiger partial charge on any atom is -0.324 e. The fourth-order valence-electron chi connectivity index (χ4n) is 1.43. The molecule has 0 radical (unpaired) electrons. The van der Waals surface area contributed by atoms with Crippen LogP contribution in [0.3, 0.4) is 0 Å². The summed E-state index contributed by atoms with van der Waals surface area (Å²) in [6.07, 6.45) is 5.55. The van der Waals surface area contributed by atoms with Crippen LogP contribution in [0.5, 0.6) is 0 Å². The second kappa shape index (κ2) is 6.60. The molecular weight excluding hydrogens is 197 g/mol. The molecular formula is C10H22NO2P. The van der Waals surface area contributed by atoms with Gasteiger partial charge < -0.3 is 9.05 Å². The van der Waals surface area contributed by atoms with E-state index in [-0.39, 0.29) is 0 Å². The molecule has 0 fully saturated rings. The zero-order chi connectivity index (χ0) is 10.3. The van der Waals surface area contributed by atoms with Crippen LogP contribution in [0, 0.1) is 0 Å². The number of rotatable bonds is 6. The van der Waals surface area contributed by atoms with E-state index in [1.807, 2.05) is 0 Å². The summed E-state index contributed by atoms with van der Waals surface area (Å²) in [6, 6.07) is 0. The molecule has 0 saturated carbocycles. The molecule has 0 saturated heterocycles. The Labute approximate surface area is 87.4 Å². The first-order valence-corrected chi connectivity index (χ1v) is 7.45. The van der Waals surface area contributed by atoms with Crippen LogP contribution in [-0.2, 0) is 9.05 Å². The Morgan fingerprint density at radius 3 is 2.14 bits per heavy atom. The lowest BCUT2D eigenvalue weighted by Crippen LogP contribution is -2.07. The Morgan fingerprint density at radius 1 is 1.07 bits per heavy atom. The molecule has 0 spiro atoms. The van der Waals surface area contributed by atoms with Gasteiger partial charge >= 0.3 is 0 Å². The van der Waals surface area contributed by atoms with Crippen LogP contribution in [0.1, 0.15) is 39.5 Å². The first-order valence-electron chi connectivity index (χ1n) is 5.69. The van der Waals surface area contributed by atoms with Crippen molar-refractivity contribution in [3.8, 4) is 0 Å². The minimum absolute atomic E-state index is 0.793. The summed E-state index contributed by atoms with van der Waals surface area (Å²) in [5.41, 5.74) is 0. The van der Waals surface area contributed by atoms with Gasteiger partial charge in [-0.2, -0.15) is 0 Å². The van der Waals surface area contributed by atoms with E-state index in [9.17, 15) is 0 Å². The van der Waals surface area contributed by atoms with Gasteiger partial charge in [-0.1, -0.05) is 13.8 Å². The molecule has 0 atom stereocenters. The van der Waals surface area contributed by atoms with Gasteiger partial charge in [0.05, 0.1) is 13.2 Å². The average molecular weight is 219 g/mol. The number of hydrogen-bond donors (Lipinski definition) is 0. The molecule has 0 aliphatic carbocycles. The molecule has 3 nitrogen and oxygen atoms in total. The number of hydrogen-bond acceptors (Lipinski definition) is 3. The van der Waals surface area contributed by atoms with Crippen LogP contribution >= 0.6 is 7.51 Å². The highest BCUT2D eigenvalue weighted by Gasteiger charge is 2.23. The van der Waals surface area contributed by atoms with E-state index in [1.165, 1.54) is 12.8 Å². The normalized spacial score (nSPS) is 20.4. The maximum atomic E-state index is 5.84. The highest BCUT2D eigenvalue weighted by molar-refractivity contribution is 7.56. The summed E-state index contributed by atoms with van der Waals surface area (Å²) in [5, 5.41) is 0. The van der Waals surface area contributed by atoms with Crippen molar-refractivity contribution < 1.29 is 9.05 Å². The van der Waals surface area contributed by atoms with Crippen molar-refractivity contribution in [3.63, 3.8) is 0 Å². The van der Waals surface area contributed by atoms with Crippen molar-refractivity contribution in [2.45, 2.75) is 39.5 Å². The Bertz CT molecular complexity index is 194. The molecule has 0 unspecified atom stereocenters. The van der Waals surface area contributed by atoms with Crippen molar-refractivity contribution in [3.05, 3.63) is 0 Å². The van der Waals surface area contributed by atoms with Gasteiger partial charge in [0.1, 0.15) is 0 Å². The predicted molar refractivity (Wildman–Crippen MR) is 60.8 cm³/mol. The van der Waals surface area contributed by atoms with Gasteiger partial charge in [0.15, 0.2) is 0 Å². The lowest BCUT2D eigenvalue weighted by molar-refractivity contribution is 0.235. The molecule has 1 rings (SSSR count). The second-order valence-electron chi connectivity index (χ2n) is 3.60. The molecule has 1 heterocycles. The van der Waals surface area contributed by atoms with Crippen LogP contribution in [0.4, 0.5) is 0 Å². The summed E-state index contributed by atoms with van der Waals surface area (Å²) in [4.78, 5) is 0. The van der Waals surface area contributed by atoms with Crippen molar-refractivity contribution in [2.24, 2.45) is 4.74 Å². The smallest absolute Gasteiger partial charge is 0.212 e. The van der Waals surface area contributed by atoms with Gasteiger partial charge in [0.25, 0.3) is 0 Å². The summed E-state index contributed by atoms with van der Waals surface area (Å²) in [5.74, 6) is 0. The maximum Gasteiger partial charge on any atom is 0.212 e. The van der Waals surface area contributed by atoms with Crippen LogP contribution in [-0.4, -0.2) is 25.9 Å². The first-order chi connectivity index (χ1) is 6.83. The van der Waals surface area contributed by atoms with Gasteiger partial charge in [0.2, 0.25) is 7.51 Å². The Morgan fingerprint density at radius 2 is 1.71 bits per heavy atom. The fraction of sp³-hybridized carbons (Fsp3) is 1.00. The zero-order valence-corrected chi connectivity index (χ0v) is 10.3. The van der Waals surface area contributed by atoms with Crippen molar-refractivity contribution in [2.75, 3.05) is 25.9 Å². The van der Waals surface area contributed by atoms with Gasteiger partial charge in [0, 0.05) is 12.7 Å². The SMILES string of the molecule is CCCOP1(OCCC)=NCCCC1. The van der Waals surface area contributed by atoms with Crippen molar-refractivity contribution >= 4 is 7.51 Å². The summed E-state index contributed by atoms with van der Waals surface area (Å²) >= 11 is 0. The van der Waals surface area contributed by atoms with E-state index < -0.39 is 7.51 Å². The lowest BCUT2D eigenvalue weighted by atomic mass is 10.3. The minimum atomic E-state index is -1.80. The lowest BCUT2D eigenvalue weighted by Gasteiger charge is -2.27. The third kappa shape index (κ3) is 3.72. The van der Waals surface area contributed by atoms with Gasteiger partial charge in [-0.15, -0.1) is 0 Å². The molecule has 0 amide bonds. The van der Waals surface area contributed by atoms with Crippen LogP contribution in [0.2, 0.25) is 0 Å². The standard InChI is InChI=1S/C10H22NO2P/c1-3-8-12-14(13-9-4-2)10-6-5-7-11-14/h3-10H2,1-2H3. The van der Waals surface area contributed by atoms with E-state index >= 15 is 0 Å². The van der Waals surface area contributed by atoms with Crippen molar-refractivity contribution in [1.82, 2.24) is 0 Å². The average Bonchev–Trinajstić information content (AvgIpc) is 2.25. The van der Waals surface area contributed by atoms with E-state index in [2.05, 4.69) is 18.6 Å². The molecule has 4 heteroatoms. The van der Waals surface area contributed by atoms with Crippen LogP contribution in [0.25, 0.3) is 0 Å². The monoisotopic (exact) mass is 219 g/mol. The zero-order valence-electron chi connectivity index (χ0n) is 9.37. The third-order valence-corrected chi connectivity index (χ3v) is 4.84. The van der Waals surface area contributed by atoms with Gasteiger partial charge in [-0.25, -0.2) is 0 Å². The quantitative estimate of drug-likeness (QED) is 0.638. The summed E-state index contributed by atoms with van der Waals surface area (Å²) in [7, 11) is -1.80. The van der Waals surface area contributed by atoms with E-state index in [0.29, 0.717) is 0 Å². The summed E-state index contributed by atoms with van der Waals surface area (Å²) < 4.78 is 16.3. The Hall–Kier alpha value is 0.150. The third-order valence-electron chi connectivity index (χ3n) is 2.16. The molecule has 84 valence electrons. The molecule has 0 N–H and O–H groups in total. The highest BCUT2D eigenvalue weighted by Crippen LogP contribution is 2.54.